The number of hydrogen-bond donors (Lipinski definition) is 1. The Balaban J connectivity index is 2.89. The van der Waals surface area contributed by atoms with Crippen molar-refractivity contribution in [3.8, 4) is 0 Å². The minimum atomic E-state index is -0.923. The summed E-state index contributed by atoms with van der Waals surface area (Å²) < 4.78 is 0. The molecule has 0 heterocycles. The largest absolute Gasteiger partial charge is 0.478 e. The summed E-state index contributed by atoms with van der Waals surface area (Å²) >= 11 is 5.92. The van der Waals surface area contributed by atoms with E-state index in [4.69, 9.17) is 16.7 Å². The van der Waals surface area contributed by atoms with Crippen molar-refractivity contribution < 1.29 is 9.90 Å². The van der Waals surface area contributed by atoms with Crippen LogP contribution in [-0.2, 0) is 4.79 Å². The van der Waals surface area contributed by atoms with Crippen LogP contribution in [0, 0.1) is 0 Å². The number of carboxylic acids is 1. The molecule has 0 saturated carbocycles. The van der Waals surface area contributed by atoms with Gasteiger partial charge in [0.1, 0.15) is 0 Å². The van der Waals surface area contributed by atoms with Crippen molar-refractivity contribution in [3.63, 3.8) is 0 Å². The van der Waals surface area contributed by atoms with E-state index in [1.165, 1.54) is 0 Å². The molecule has 1 aliphatic rings. The Morgan fingerprint density at radius 1 is 1.82 bits per heavy atom. The Labute approximate surface area is 70.2 Å². The number of allylic oxidation sites excluding steroid dienone is 2. The normalized spacial score (nSPS) is 29.8. The lowest BCUT2D eigenvalue weighted by Gasteiger charge is -2.18. The summed E-state index contributed by atoms with van der Waals surface area (Å²) in [5.41, 5.74) is 0.272. The van der Waals surface area contributed by atoms with Crippen molar-refractivity contribution in [2.75, 3.05) is 0 Å². The summed E-state index contributed by atoms with van der Waals surface area (Å²) in [5.74, 6) is -0.923. The van der Waals surface area contributed by atoms with Crippen LogP contribution < -0.4 is 0 Å². The van der Waals surface area contributed by atoms with Crippen molar-refractivity contribution in [2.45, 2.75) is 18.2 Å². The molecule has 0 bridgehead atoms. The number of aliphatic carboxylic acids is 1. The lowest BCUT2D eigenvalue weighted by atomic mass is 9.97. The minimum absolute atomic E-state index is 0.272. The SMILES string of the molecule is CC1(Cl)C=C(C(=O)O)C=CC1. The Morgan fingerprint density at radius 2 is 2.45 bits per heavy atom. The first kappa shape index (κ1) is 8.34. The van der Waals surface area contributed by atoms with E-state index in [0.717, 1.165) is 0 Å². The van der Waals surface area contributed by atoms with E-state index < -0.39 is 10.8 Å². The average molecular weight is 173 g/mol. The number of halogens is 1. The van der Waals surface area contributed by atoms with Crippen LogP contribution in [0.4, 0.5) is 0 Å². The van der Waals surface area contributed by atoms with Gasteiger partial charge in [0.15, 0.2) is 0 Å². The number of alkyl halides is 1. The molecule has 0 aromatic rings. The van der Waals surface area contributed by atoms with E-state index in [-0.39, 0.29) is 5.57 Å². The molecule has 1 N–H and O–H groups in total. The van der Waals surface area contributed by atoms with Crippen LogP contribution in [0.1, 0.15) is 13.3 Å². The average Bonchev–Trinajstić information content (AvgIpc) is 1.85. The van der Waals surface area contributed by atoms with E-state index >= 15 is 0 Å². The van der Waals surface area contributed by atoms with Crippen LogP contribution in [0.5, 0.6) is 0 Å². The van der Waals surface area contributed by atoms with Gasteiger partial charge in [-0.2, -0.15) is 0 Å². The highest BCUT2D eigenvalue weighted by atomic mass is 35.5. The molecule has 0 amide bonds. The Morgan fingerprint density at radius 3 is 2.82 bits per heavy atom. The lowest BCUT2D eigenvalue weighted by molar-refractivity contribution is -0.132. The highest BCUT2D eigenvalue weighted by Gasteiger charge is 2.21. The molecule has 1 atom stereocenters. The second-order valence-corrected chi connectivity index (χ2v) is 3.65. The molecular weight excluding hydrogens is 164 g/mol. The van der Waals surface area contributed by atoms with Crippen molar-refractivity contribution in [1.82, 2.24) is 0 Å². The van der Waals surface area contributed by atoms with Crippen LogP contribution in [0.25, 0.3) is 0 Å². The molecule has 0 aliphatic heterocycles. The second kappa shape index (κ2) is 2.70. The Hall–Kier alpha value is -0.760. The summed E-state index contributed by atoms with van der Waals surface area (Å²) in [6.07, 6.45) is 5.60. The molecule has 0 fully saturated rings. The summed E-state index contributed by atoms with van der Waals surface area (Å²) in [5, 5.41) is 8.59. The molecular formula is C8H9ClO2. The molecule has 1 aliphatic carbocycles. The van der Waals surface area contributed by atoms with Crippen LogP contribution in [0.2, 0.25) is 0 Å². The fourth-order valence-electron chi connectivity index (χ4n) is 0.981. The lowest BCUT2D eigenvalue weighted by Crippen LogP contribution is -2.17. The number of rotatable bonds is 1. The third-order valence-corrected chi connectivity index (χ3v) is 1.78. The van der Waals surface area contributed by atoms with Crippen molar-refractivity contribution in [3.05, 3.63) is 23.8 Å². The highest BCUT2D eigenvalue weighted by Crippen LogP contribution is 2.27. The minimum Gasteiger partial charge on any atom is -0.478 e. The zero-order chi connectivity index (χ0) is 8.48. The number of hydrogen-bond acceptors (Lipinski definition) is 1. The second-order valence-electron chi connectivity index (χ2n) is 2.79. The maximum Gasteiger partial charge on any atom is 0.335 e. The molecule has 0 aromatic heterocycles. The summed E-state index contributed by atoms with van der Waals surface area (Å²) in [6, 6.07) is 0. The standard InChI is InChI=1S/C8H9ClO2/c1-8(9)4-2-3-6(5-8)7(10)11/h2-3,5H,4H2,1H3,(H,10,11). The quantitative estimate of drug-likeness (QED) is 0.614. The van der Waals surface area contributed by atoms with Gasteiger partial charge in [-0.15, -0.1) is 11.6 Å². The first-order valence-corrected chi connectivity index (χ1v) is 3.71. The van der Waals surface area contributed by atoms with Gasteiger partial charge < -0.3 is 5.11 Å². The first-order valence-electron chi connectivity index (χ1n) is 3.33. The van der Waals surface area contributed by atoms with Crippen molar-refractivity contribution >= 4 is 17.6 Å². The molecule has 1 unspecified atom stereocenters. The van der Waals surface area contributed by atoms with E-state index in [9.17, 15) is 4.79 Å². The molecule has 3 heteroatoms. The Bertz CT molecular complexity index is 238. The van der Waals surface area contributed by atoms with Crippen molar-refractivity contribution in [1.29, 1.82) is 0 Å². The number of carbonyl (C=O) groups is 1. The van der Waals surface area contributed by atoms with Crippen LogP contribution in [0.15, 0.2) is 23.8 Å². The molecule has 0 aromatic carbocycles. The molecule has 11 heavy (non-hydrogen) atoms. The van der Waals surface area contributed by atoms with Gasteiger partial charge in [0.05, 0.1) is 10.4 Å². The monoisotopic (exact) mass is 172 g/mol. The zero-order valence-corrected chi connectivity index (χ0v) is 6.93. The summed E-state index contributed by atoms with van der Waals surface area (Å²) in [6.45, 7) is 1.79. The van der Waals surface area contributed by atoms with Gasteiger partial charge in [-0.25, -0.2) is 4.79 Å². The smallest absolute Gasteiger partial charge is 0.335 e. The third kappa shape index (κ3) is 2.09. The first-order chi connectivity index (χ1) is 5.01. The molecule has 60 valence electrons. The van der Waals surface area contributed by atoms with E-state index in [2.05, 4.69) is 0 Å². The molecule has 0 radical (unpaired) electrons. The molecule has 0 spiro atoms. The van der Waals surface area contributed by atoms with Crippen LogP contribution in [-0.4, -0.2) is 16.0 Å². The van der Waals surface area contributed by atoms with Gasteiger partial charge in [-0.1, -0.05) is 12.2 Å². The highest BCUT2D eigenvalue weighted by molar-refractivity contribution is 6.25. The maximum absolute atomic E-state index is 10.5. The third-order valence-electron chi connectivity index (χ3n) is 1.52. The Kier molecular flexibility index (Phi) is 2.05. The summed E-state index contributed by atoms with van der Waals surface area (Å²) in [4.78, 5) is 9.94. The van der Waals surface area contributed by atoms with E-state index in [1.54, 1.807) is 25.2 Å². The number of carboxylic acid groups (broad SMARTS) is 1. The van der Waals surface area contributed by atoms with Gasteiger partial charge in [-0.3, -0.25) is 0 Å². The van der Waals surface area contributed by atoms with E-state index in [0.29, 0.717) is 6.42 Å². The van der Waals surface area contributed by atoms with Gasteiger partial charge in [0.2, 0.25) is 0 Å². The van der Waals surface area contributed by atoms with E-state index in [1.807, 2.05) is 0 Å². The maximum atomic E-state index is 10.5. The predicted octanol–water partition coefficient (Wildman–Crippen LogP) is 1.95. The van der Waals surface area contributed by atoms with Gasteiger partial charge >= 0.3 is 5.97 Å². The molecule has 2 nitrogen and oxygen atoms in total. The fraction of sp³-hybridized carbons (Fsp3) is 0.375. The van der Waals surface area contributed by atoms with Gasteiger partial charge in [-0.05, 0) is 19.4 Å². The topological polar surface area (TPSA) is 37.3 Å². The van der Waals surface area contributed by atoms with Crippen LogP contribution >= 0.6 is 11.6 Å². The van der Waals surface area contributed by atoms with Gasteiger partial charge in [0.25, 0.3) is 0 Å². The molecule has 1 rings (SSSR count). The van der Waals surface area contributed by atoms with Crippen molar-refractivity contribution in [2.24, 2.45) is 0 Å². The fourth-order valence-corrected chi connectivity index (χ4v) is 1.19. The summed E-state index contributed by atoms with van der Waals surface area (Å²) in [7, 11) is 0. The van der Waals surface area contributed by atoms with Gasteiger partial charge in [0, 0.05) is 0 Å². The zero-order valence-electron chi connectivity index (χ0n) is 6.17. The predicted molar refractivity (Wildman–Crippen MR) is 43.7 cm³/mol. The van der Waals surface area contributed by atoms with Crippen LogP contribution in [0.3, 0.4) is 0 Å². The molecule has 0 saturated heterocycles.